The molecule has 0 unspecified atom stereocenters. The third kappa shape index (κ3) is 2.98. The van der Waals surface area contributed by atoms with Crippen molar-refractivity contribution in [1.82, 2.24) is 24.5 Å². The number of nitrogens with zero attached hydrogens (tertiary/aromatic N) is 5. The van der Waals surface area contributed by atoms with Crippen molar-refractivity contribution in [2.75, 3.05) is 19.1 Å². The van der Waals surface area contributed by atoms with Crippen LogP contribution in [0, 0.1) is 6.92 Å². The lowest BCUT2D eigenvalue weighted by atomic mass is 10.2. The maximum atomic E-state index is 12.4. The van der Waals surface area contributed by atoms with E-state index in [0.29, 0.717) is 35.2 Å². The van der Waals surface area contributed by atoms with E-state index in [2.05, 4.69) is 19.9 Å². The van der Waals surface area contributed by atoms with Crippen molar-refractivity contribution in [3.05, 3.63) is 58.8 Å². The minimum Gasteiger partial charge on any atom is -0.491 e. The van der Waals surface area contributed by atoms with Gasteiger partial charge < -0.3 is 14.6 Å². The van der Waals surface area contributed by atoms with Gasteiger partial charge in [0.05, 0.1) is 12.8 Å². The average Bonchev–Trinajstić information content (AvgIpc) is 3.12. The van der Waals surface area contributed by atoms with Gasteiger partial charge in [-0.1, -0.05) is 0 Å². The predicted octanol–water partition coefficient (Wildman–Crippen LogP) is 1.30. The van der Waals surface area contributed by atoms with Gasteiger partial charge in [0, 0.05) is 43.8 Å². The summed E-state index contributed by atoms with van der Waals surface area (Å²) in [6, 6.07) is 1.83. The number of pyridine rings is 1. The molecule has 0 radical (unpaired) electrons. The Labute approximate surface area is 138 Å². The zero-order valence-corrected chi connectivity index (χ0v) is 13.7. The highest BCUT2D eigenvalue weighted by Crippen LogP contribution is 2.15. The number of ether oxygens (including phenoxy) is 1. The lowest BCUT2D eigenvalue weighted by Crippen LogP contribution is -2.24. The standard InChI is InChI=1S/C16H18N6O2/c1-11-16(24-3)15(23)12(7-18-11)8-21(2)13-6-14(20-9-19-13)22-5-4-17-10-22/h4-7,9-10H,8H2,1-3H3,(H,18,23). The zero-order valence-electron chi connectivity index (χ0n) is 13.7. The van der Waals surface area contributed by atoms with Crippen molar-refractivity contribution in [2.45, 2.75) is 13.5 Å². The summed E-state index contributed by atoms with van der Waals surface area (Å²) in [7, 11) is 3.36. The Balaban J connectivity index is 1.87. The molecule has 0 saturated heterocycles. The Morgan fingerprint density at radius 3 is 2.92 bits per heavy atom. The van der Waals surface area contributed by atoms with Gasteiger partial charge in [-0.15, -0.1) is 0 Å². The first kappa shape index (κ1) is 15.7. The monoisotopic (exact) mass is 326 g/mol. The molecule has 3 rings (SSSR count). The van der Waals surface area contributed by atoms with Gasteiger partial charge in [-0.25, -0.2) is 15.0 Å². The average molecular weight is 326 g/mol. The van der Waals surface area contributed by atoms with Crippen LogP contribution in [0.2, 0.25) is 0 Å². The van der Waals surface area contributed by atoms with E-state index in [4.69, 9.17) is 4.74 Å². The molecule has 1 N–H and O–H groups in total. The Morgan fingerprint density at radius 1 is 1.38 bits per heavy atom. The zero-order chi connectivity index (χ0) is 17.1. The lowest BCUT2D eigenvalue weighted by Gasteiger charge is -2.18. The van der Waals surface area contributed by atoms with Crippen LogP contribution in [0.4, 0.5) is 5.82 Å². The Hall–Kier alpha value is -3.16. The number of aromatic nitrogens is 5. The lowest BCUT2D eigenvalue weighted by molar-refractivity contribution is 0.404. The molecule has 24 heavy (non-hydrogen) atoms. The van der Waals surface area contributed by atoms with Gasteiger partial charge in [-0.2, -0.15) is 0 Å². The van der Waals surface area contributed by atoms with Gasteiger partial charge >= 0.3 is 0 Å². The molecule has 0 aliphatic rings. The minimum atomic E-state index is -0.121. The van der Waals surface area contributed by atoms with Crippen molar-refractivity contribution in [2.24, 2.45) is 0 Å². The normalized spacial score (nSPS) is 10.6. The van der Waals surface area contributed by atoms with Crippen LogP contribution in [0.3, 0.4) is 0 Å². The largest absolute Gasteiger partial charge is 0.491 e. The van der Waals surface area contributed by atoms with E-state index in [1.54, 1.807) is 30.2 Å². The van der Waals surface area contributed by atoms with Crippen LogP contribution in [-0.4, -0.2) is 38.7 Å². The van der Waals surface area contributed by atoms with Crippen LogP contribution in [-0.2, 0) is 6.54 Å². The minimum absolute atomic E-state index is 0.121. The van der Waals surface area contributed by atoms with Crippen molar-refractivity contribution >= 4 is 5.82 Å². The quantitative estimate of drug-likeness (QED) is 0.760. The molecule has 0 aliphatic heterocycles. The fraction of sp³-hybridized carbons (Fsp3) is 0.250. The number of aryl methyl sites for hydroxylation is 1. The number of hydrogen-bond acceptors (Lipinski definition) is 6. The molecule has 3 aromatic rings. The molecule has 0 amide bonds. The Morgan fingerprint density at radius 2 is 2.21 bits per heavy atom. The molecular formula is C16H18N6O2. The second kappa shape index (κ2) is 6.53. The van der Waals surface area contributed by atoms with Gasteiger partial charge in [0.1, 0.15) is 24.3 Å². The van der Waals surface area contributed by atoms with E-state index in [1.165, 1.54) is 13.4 Å². The van der Waals surface area contributed by atoms with E-state index in [9.17, 15) is 4.79 Å². The molecule has 0 aromatic carbocycles. The molecule has 0 bridgehead atoms. The van der Waals surface area contributed by atoms with E-state index in [1.807, 2.05) is 24.2 Å². The summed E-state index contributed by atoms with van der Waals surface area (Å²) in [6.07, 6.45) is 8.35. The van der Waals surface area contributed by atoms with Crippen LogP contribution in [0.1, 0.15) is 11.3 Å². The molecule has 0 aliphatic carbocycles. The first-order valence-electron chi connectivity index (χ1n) is 7.37. The highest BCUT2D eigenvalue weighted by Gasteiger charge is 2.13. The molecule has 3 aromatic heterocycles. The number of anilines is 1. The highest BCUT2D eigenvalue weighted by atomic mass is 16.5. The SMILES string of the molecule is COc1c(C)[nH]cc(CN(C)c2cc(-n3ccnc3)ncn2)c1=O. The summed E-state index contributed by atoms with van der Waals surface area (Å²) in [6.45, 7) is 2.20. The molecule has 8 nitrogen and oxygen atoms in total. The van der Waals surface area contributed by atoms with Gasteiger partial charge in [0.25, 0.3) is 0 Å². The molecule has 3 heterocycles. The number of aromatic amines is 1. The Bertz CT molecular complexity index is 888. The smallest absolute Gasteiger partial charge is 0.228 e. The maximum Gasteiger partial charge on any atom is 0.228 e. The van der Waals surface area contributed by atoms with Crippen LogP contribution in [0.25, 0.3) is 5.82 Å². The molecule has 0 fully saturated rings. The fourth-order valence-corrected chi connectivity index (χ4v) is 2.42. The number of imidazole rings is 1. The highest BCUT2D eigenvalue weighted by molar-refractivity contribution is 5.44. The van der Waals surface area contributed by atoms with Gasteiger partial charge in [0.2, 0.25) is 5.43 Å². The molecule has 0 saturated carbocycles. The summed E-state index contributed by atoms with van der Waals surface area (Å²) in [5, 5.41) is 0. The summed E-state index contributed by atoms with van der Waals surface area (Å²) >= 11 is 0. The van der Waals surface area contributed by atoms with Gasteiger partial charge in [-0.3, -0.25) is 9.36 Å². The second-order valence-electron chi connectivity index (χ2n) is 5.36. The van der Waals surface area contributed by atoms with Crippen molar-refractivity contribution in [1.29, 1.82) is 0 Å². The first-order valence-corrected chi connectivity index (χ1v) is 7.37. The summed E-state index contributed by atoms with van der Waals surface area (Å²) < 4.78 is 6.97. The number of H-pyrrole nitrogens is 1. The van der Waals surface area contributed by atoms with E-state index in [-0.39, 0.29) is 5.43 Å². The van der Waals surface area contributed by atoms with Gasteiger partial charge in [0.15, 0.2) is 5.75 Å². The molecule has 0 spiro atoms. The molecule has 124 valence electrons. The fourth-order valence-electron chi connectivity index (χ4n) is 2.42. The van der Waals surface area contributed by atoms with Crippen LogP contribution < -0.4 is 15.1 Å². The van der Waals surface area contributed by atoms with Crippen LogP contribution in [0.15, 0.2) is 42.1 Å². The maximum absolute atomic E-state index is 12.4. The Kier molecular flexibility index (Phi) is 4.28. The summed E-state index contributed by atoms with van der Waals surface area (Å²) in [5.74, 6) is 1.75. The van der Waals surface area contributed by atoms with E-state index in [0.717, 1.165) is 0 Å². The summed E-state index contributed by atoms with van der Waals surface area (Å²) in [5.41, 5.74) is 1.19. The number of nitrogens with one attached hydrogen (secondary N) is 1. The van der Waals surface area contributed by atoms with E-state index < -0.39 is 0 Å². The third-order valence-corrected chi connectivity index (χ3v) is 3.71. The predicted molar refractivity (Wildman–Crippen MR) is 89.6 cm³/mol. The van der Waals surface area contributed by atoms with Gasteiger partial charge in [-0.05, 0) is 6.92 Å². The summed E-state index contributed by atoms with van der Waals surface area (Å²) in [4.78, 5) is 29.9. The number of hydrogen-bond donors (Lipinski definition) is 1. The van der Waals surface area contributed by atoms with Crippen molar-refractivity contribution < 1.29 is 4.74 Å². The first-order chi connectivity index (χ1) is 11.6. The number of methoxy groups -OCH3 is 1. The second-order valence-corrected chi connectivity index (χ2v) is 5.36. The third-order valence-electron chi connectivity index (χ3n) is 3.71. The van der Waals surface area contributed by atoms with Crippen LogP contribution >= 0.6 is 0 Å². The number of rotatable bonds is 5. The molecule has 0 atom stereocenters. The van der Waals surface area contributed by atoms with Crippen molar-refractivity contribution in [3.63, 3.8) is 0 Å². The van der Waals surface area contributed by atoms with E-state index >= 15 is 0 Å². The van der Waals surface area contributed by atoms with Crippen LogP contribution in [0.5, 0.6) is 5.75 Å². The topological polar surface area (TPSA) is 88.9 Å². The molecule has 8 heteroatoms. The van der Waals surface area contributed by atoms with Crippen molar-refractivity contribution in [3.8, 4) is 11.6 Å². The molecular weight excluding hydrogens is 308 g/mol.